The monoisotopic (exact) mass is 187 g/mol. The van der Waals surface area contributed by atoms with E-state index in [9.17, 15) is 4.79 Å². The van der Waals surface area contributed by atoms with Gasteiger partial charge < -0.3 is 4.53 Å². The van der Waals surface area contributed by atoms with Crippen LogP contribution in [0.25, 0.3) is 0 Å². The van der Waals surface area contributed by atoms with Gasteiger partial charge in [-0.2, -0.15) is 0 Å². The van der Waals surface area contributed by atoms with Crippen LogP contribution in [0, 0.1) is 0 Å². The summed E-state index contributed by atoms with van der Waals surface area (Å²) < 4.78 is 5.27. The van der Waals surface area contributed by atoms with Crippen molar-refractivity contribution in [3.8, 4) is 0 Å². The van der Waals surface area contributed by atoms with Gasteiger partial charge in [-0.3, -0.25) is 4.79 Å². The Morgan fingerprint density at radius 2 is 1.83 bits per heavy atom. The Morgan fingerprint density at radius 3 is 2.17 bits per heavy atom. The van der Waals surface area contributed by atoms with E-state index < -0.39 is 8.32 Å². The lowest BCUT2D eigenvalue weighted by Crippen LogP contribution is -2.23. The molecule has 0 saturated heterocycles. The molecule has 12 heavy (non-hydrogen) atoms. The lowest BCUT2D eigenvalue weighted by Gasteiger charge is -2.13. The zero-order valence-corrected chi connectivity index (χ0v) is 9.47. The highest BCUT2D eigenvalue weighted by Gasteiger charge is 2.15. The van der Waals surface area contributed by atoms with Crippen LogP contribution in [0.5, 0.6) is 0 Å². The van der Waals surface area contributed by atoms with E-state index in [1.54, 1.807) is 6.92 Å². The molecule has 0 heterocycles. The van der Waals surface area contributed by atoms with Gasteiger partial charge in [0, 0.05) is 6.42 Å². The molecule has 0 spiro atoms. The lowest BCUT2D eigenvalue weighted by molar-refractivity contribution is -0.115. The van der Waals surface area contributed by atoms with Gasteiger partial charge in [0.25, 0.3) is 8.32 Å². The molecule has 0 fully saturated rings. The average molecular weight is 187 g/mol. The highest BCUT2D eigenvalue weighted by Crippen LogP contribution is 2.03. The topological polar surface area (TPSA) is 38.7 Å². The van der Waals surface area contributed by atoms with Gasteiger partial charge in [0.15, 0.2) is 0 Å². The fraction of sp³-hybridized carbons (Fsp3) is 0.750. The summed E-state index contributed by atoms with van der Waals surface area (Å²) >= 11 is 0. The van der Waals surface area contributed by atoms with Crippen LogP contribution in [0.1, 0.15) is 20.3 Å². The summed E-state index contributed by atoms with van der Waals surface area (Å²) in [6.45, 7) is 9.52. The number of Topliss-reactive ketones (excluding diaryl/α,β-unsaturated/α-hetero) is 1. The van der Waals surface area contributed by atoms with Crippen LogP contribution in [0.4, 0.5) is 0 Å². The molecular weight excluding hydrogens is 170 g/mol. The van der Waals surface area contributed by atoms with Gasteiger partial charge >= 0.3 is 0 Å². The third-order valence-electron chi connectivity index (χ3n) is 0.980. The van der Waals surface area contributed by atoms with Gasteiger partial charge in [-0.1, -0.05) is 0 Å². The Morgan fingerprint density at radius 1 is 1.33 bits per heavy atom. The maximum Gasteiger partial charge on any atom is 0.278 e. The first-order chi connectivity index (χ1) is 5.31. The Labute approximate surface area is 74.9 Å². The SMILES string of the molecule is CC(=O)CC(C)=NO[Si](C)(C)C. The molecular formula is C8H17NO2Si. The van der Waals surface area contributed by atoms with Crippen molar-refractivity contribution in [2.45, 2.75) is 39.9 Å². The quantitative estimate of drug-likeness (QED) is 0.384. The molecule has 0 rings (SSSR count). The standard InChI is InChI=1S/C8H17NO2Si/c1-7(6-8(2)10)9-11-12(3,4)5/h6H2,1-5H3. The van der Waals surface area contributed by atoms with Crippen molar-refractivity contribution in [3.05, 3.63) is 0 Å². The van der Waals surface area contributed by atoms with Gasteiger partial charge in [-0.25, -0.2) is 0 Å². The molecule has 0 aliphatic rings. The maximum absolute atomic E-state index is 10.7. The highest BCUT2D eigenvalue weighted by molar-refractivity contribution is 6.69. The number of oxime groups is 1. The molecule has 0 N–H and O–H groups in total. The van der Waals surface area contributed by atoms with Crippen LogP contribution in [0.15, 0.2) is 5.16 Å². The molecule has 3 nitrogen and oxygen atoms in total. The Bertz CT molecular complexity index is 194. The minimum Gasteiger partial charge on any atom is -0.456 e. The molecule has 4 heteroatoms. The summed E-state index contributed by atoms with van der Waals surface area (Å²) in [5.41, 5.74) is 0.755. The van der Waals surface area contributed by atoms with E-state index >= 15 is 0 Å². The number of hydrogen-bond donors (Lipinski definition) is 0. The normalized spacial score (nSPS) is 12.9. The number of carbonyl (C=O) groups excluding carboxylic acids is 1. The van der Waals surface area contributed by atoms with E-state index in [0.29, 0.717) is 6.42 Å². The molecule has 0 amide bonds. The maximum atomic E-state index is 10.7. The predicted molar refractivity (Wildman–Crippen MR) is 52.8 cm³/mol. The largest absolute Gasteiger partial charge is 0.456 e. The van der Waals surface area contributed by atoms with E-state index in [0.717, 1.165) is 5.71 Å². The van der Waals surface area contributed by atoms with Crippen molar-refractivity contribution in [2.24, 2.45) is 5.16 Å². The van der Waals surface area contributed by atoms with Crippen molar-refractivity contribution in [1.82, 2.24) is 0 Å². The van der Waals surface area contributed by atoms with E-state index in [2.05, 4.69) is 24.8 Å². The van der Waals surface area contributed by atoms with Crippen LogP contribution in [0.3, 0.4) is 0 Å². The minimum atomic E-state index is -1.57. The first-order valence-corrected chi connectivity index (χ1v) is 7.43. The van der Waals surface area contributed by atoms with Crippen molar-refractivity contribution in [1.29, 1.82) is 0 Å². The van der Waals surface area contributed by atoms with E-state index in [1.165, 1.54) is 0 Å². The molecule has 0 saturated carbocycles. The van der Waals surface area contributed by atoms with Crippen molar-refractivity contribution >= 4 is 19.8 Å². The number of carbonyl (C=O) groups is 1. The van der Waals surface area contributed by atoms with Gasteiger partial charge in [0.1, 0.15) is 5.78 Å². The molecule has 0 aromatic rings. The molecule has 0 aromatic carbocycles. The number of nitrogens with zero attached hydrogens (tertiary/aromatic N) is 1. The third-order valence-corrected chi connectivity index (χ3v) is 1.62. The second-order valence-electron chi connectivity index (χ2n) is 3.91. The molecule has 0 aliphatic carbocycles. The summed E-state index contributed by atoms with van der Waals surface area (Å²) in [6, 6.07) is 0. The van der Waals surface area contributed by atoms with Gasteiger partial charge in [-0.15, -0.1) is 5.16 Å². The van der Waals surface area contributed by atoms with Gasteiger partial charge in [0.05, 0.1) is 5.71 Å². The summed E-state index contributed by atoms with van der Waals surface area (Å²) in [5, 5.41) is 3.89. The average Bonchev–Trinajstić information content (AvgIpc) is 1.80. The smallest absolute Gasteiger partial charge is 0.278 e. The molecule has 0 unspecified atom stereocenters. The van der Waals surface area contributed by atoms with Crippen molar-refractivity contribution in [3.63, 3.8) is 0 Å². The fourth-order valence-electron chi connectivity index (χ4n) is 0.607. The molecule has 70 valence electrons. The van der Waals surface area contributed by atoms with E-state index in [-0.39, 0.29) is 5.78 Å². The summed E-state index contributed by atoms with van der Waals surface area (Å²) in [7, 11) is -1.57. The van der Waals surface area contributed by atoms with Crippen molar-refractivity contribution in [2.75, 3.05) is 0 Å². The summed E-state index contributed by atoms with van der Waals surface area (Å²) in [6.07, 6.45) is 0.393. The first-order valence-electron chi connectivity index (χ1n) is 4.02. The Balaban J connectivity index is 3.93. The zero-order chi connectivity index (χ0) is 9.78. The highest BCUT2D eigenvalue weighted by atomic mass is 28.4. The van der Waals surface area contributed by atoms with Crippen LogP contribution in [-0.2, 0) is 9.32 Å². The van der Waals surface area contributed by atoms with Crippen LogP contribution < -0.4 is 0 Å². The van der Waals surface area contributed by atoms with Crippen LogP contribution in [-0.4, -0.2) is 19.8 Å². The lowest BCUT2D eigenvalue weighted by atomic mass is 10.2. The third kappa shape index (κ3) is 7.46. The number of rotatable bonds is 4. The van der Waals surface area contributed by atoms with E-state index in [1.807, 2.05) is 6.92 Å². The molecule has 0 bridgehead atoms. The first kappa shape index (κ1) is 11.4. The summed E-state index contributed by atoms with van der Waals surface area (Å²) in [5.74, 6) is 0.121. The van der Waals surface area contributed by atoms with Gasteiger partial charge in [-0.05, 0) is 33.5 Å². The van der Waals surface area contributed by atoms with Gasteiger partial charge in [0.2, 0.25) is 0 Å². The molecule has 0 radical (unpaired) electrons. The predicted octanol–water partition coefficient (Wildman–Crippen LogP) is 2.19. The molecule has 0 aliphatic heterocycles. The number of ketones is 1. The fourth-order valence-corrected chi connectivity index (χ4v) is 1.04. The molecule has 0 aromatic heterocycles. The van der Waals surface area contributed by atoms with E-state index in [4.69, 9.17) is 4.53 Å². The summed E-state index contributed by atoms with van der Waals surface area (Å²) in [4.78, 5) is 10.7. The Hall–Kier alpha value is -0.643. The van der Waals surface area contributed by atoms with Crippen molar-refractivity contribution < 1.29 is 9.32 Å². The zero-order valence-electron chi connectivity index (χ0n) is 8.47. The van der Waals surface area contributed by atoms with Crippen LogP contribution >= 0.6 is 0 Å². The minimum absolute atomic E-state index is 0.121. The van der Waals surface area contributed by atoms with Crippen LogP contribution in [0.2, 0.25) is 19.6 Å². The second kappa shape index (κ2) is 4.40. The number of hydrogen-bond acceptors (Lipinski definition) is 3. The Kier molecular flexibility index (Phi) is 4.16. The molecule has 0 atom stereocenters. The second-order valence-corrected chi connectivity index (χ2v) is 8.32.